The van der Waals surface area contributed by atoms with Crippen molar-refractivity contribution < 1.29 is 0 Å². The fourth-order valence-corrected chi connectivity index (χ4v) is 7.63. The summed E-state index contributed by atoms with van der Waals surface area (Å²) >= 11 is 1.85. The van der Waals surface area contributed by atoms with Crippen LogP contribution in [0.15, 0.2) is 133 Å². The van der Waals surface area contributed by atoms with E-state index >= 15 is 0 Å². The van der Waals surface area contributed by atoms with Crippen molar-refractivity contribution in [2.75, 3.05) is 0 Å². The van der Waals surface area contributed by atoms with Crippen molar-refractivity contribution in [1.29, 1.82) is 0 Å². The van der Waals surface area contributed by atoms with Gasteiger partial charge in [0.2, 0.25) is 0 Å². The standard InChI is InChI=1S/C40H28N4S/c1-43-35-9-5-3-7-33(35)41-39(43)27-15-11-25(12-16-27)29-19-21-37-31(23-29)32-24-30(20-22-38(32)45-37)26-13-17-28(18-14-26)40-42-34-8-4-6-10-36(34)44(40)2/h3-24H,1-2H3. The normalized spacial score (nSPS) is 11.8. The fourth-order valence-electron chi connectivity index (χ4n) is 6.57. The van der Waals surface area contributed by atoms with Gasteiger partial charge in [-0.1, -0.05) is 84.9 Å². The highest BCUT2D eigenvalue weighted by Crippen LogP contribution is 2.39. The average molecular weight is 597 g/mol. The van der Waals surface area contributed by atoms with Crippen LogP contribution >= 0.6 is 11.3 Å². The predicted molar refractivity (Wildman–Crippen MR) is 190 cm³/mol. The second-order valence-electron chi connectivity index (χ2n) is 11.6. The Bertz CT molecular complexity index is 2370. The van der Waals surface area contributed by atoms with Crippen molar-refractivity contribution in [3.05, 3.63) is 133 Å². The van der Waals surface area contributed by atoms with E-state index in [1.165, 1.54) is 42.4 Å². The van der Waals surface area contributed by atoms with E-state index in [9.17, 15) is 0 Å². The number of para-hydroxylation sites is 4. The summed E-state index contributed by atoms with van der Waals surface area (Å²) in [5, 5.41) is 2.59. The Kier molecular flexibility index (Phi) is 5.77. The molecule has 0 bridgehead atoms. The van der Waals surface area contributed by atoms with Crippen molar-refractivity contribution in [3.8, 4) is 45.0 Å². The molecular formula is C40H28N4S. The molecule has 9 rings (SSSR count). The first-order valence-corrected chi connectivity index (χ1v) is 15.9. The second kappa shape index (κ2) is 10.0. The Balaban J connectivity index is 1.05. The number of hydrogen-bond donors (Lipinski definition) is 0. The van der Waals surface area contributed by atoms with Crippen LogP contribution in [0.4, 0.5) is 0 Å². The number of aryl methyl sites for hydroxylation is 2. The summed E-state index contributed by atoms with van der Waals surface area (Å²) in [6, 6.07) is 47.8. The maximum atomic E-state index is 4.88. The lowest BCUT2D eigenvalue weighted by atomic mass is 9.99. The molecule has 5 heteroatoms. The quantitative estimate of drug-likeness (QED) is 0.203. The van der Waals surface area contributed by atoms with E-state index in [0.29, 0.717) is 0 Å². The van der Waals surface area contributed by atoms with Gasteiger partial charge >= 0.3 is 0 Å². The smallest absolute Gasteiger partial charge is 0.140 e. The lowest BCUT2D eigenvalue weighted by molar-refractivity contribution is 0.959. The number of hydrogen-bond acceptors (Lipinski definition) is 3. The summed E-state index contributed by atoms with van der Waals surface area (Å²) in [4.78, 5) is 9.76. The first-order valence-electron chi connectivity index (χ1n) is 15.1. The lowest BCUT2D eigenvalue weighted by Crippen LogP contribution is -1.92. The van der Waals surface area contributed by atoms with E-state index in [0.717, 1.165) is 44.8 Å². The van der Waals surface area contributed by atoms with Crippen molar-refractivity contribution in [1.82, 2.24) is 19.1 Å². The predicted octanol–water partition coefficient (Wildman–Crippen LogP) is 10.5. The highest BCUT2D eigenvalue weighted by molar-refractivity contribution is 7.25. The molecule has 0 saturated carbocycles. The van der Waals surface area contributed by atoms with Gasteiger partial charge in [0.15, 0.2) is 0 Å². The largest absolute Gasteiger partial charge is 0.327 e. The third kappa shape index (κ3) is 4.20. The number of aromatic nitrogens is 4. The molecule has 0 aliphatic carbocycles. The van der Waals surface area contributed by atoms with E-state index in [1.54, 1.807) is 0 Å². The van der Waals surface area contributed by atoms with Gasteiger partial charge in [0.1, 0.15) is 11.6 Å². The summed E-state index contributed by atoms with van der Waals surface area (Å²) < 4.78 is 6.94. The molecule has 6 aromatic carbocycles. The van der Waals surface area contributed by atoms with Crippen molar-refractivity contribution >= 4 is 53.6 Å². The summed E-state index contributed by atoms with van der Waals surface area (Å²) in [5.74, 6) is 1.96. The number of nitrogens with zero attached hydrogens (tertiary/aromatic N) is 4. The number of rotatable bonds is 4. The third-order valence-electron chi connectivity index (χ3n) is 9.00. The number of benzene rings is 6. The molecule has 9 aromatic rings. The Morgan fingerprint density at radius 2 is 0.800 bits per heavy atom. The van der Waals surface area contributed by atoms with E-state index in [2.05, 4.69) is 145 Å². The molecular weight excluding hydrogens is 569 g/mol. The minimum atomic E-state index is 0.982. The average Bonchev–Trinajstić information content (AvgIpc) is 3.75. The first kappa shape index (κ1) is 25.9. The number of fused-ring (bicyclic) bond motifs is 5. The van der Waals surface area contributed by atoms with Crippen LogP contribution in [0.25, 0.3) is 87.3 Å². The molecule has 3 aromatic heterocycles. The maximum absolute atomic E-state index is 4.88. The number of imidazole rings is 2. The van der Waals surface area contributed by atoms with E-state index in [1.807, 2.05) is 23.5 Å². The molecule has 0 aliphatic heterocycles. The lowest BCUT2D eigenvalue weighted by Gasteiger charge is -2.07. The van der Waals surface area contributed by atoms with Gasteiger partial charge in [-0.2, -0.15) is 0 Å². The van der Waals surface area contributed by atoms with Crippen molar-refractivity contribution in [2.45, 2.75) is 0 Å². The molecule has 0 radical (unpaired) electrons. The molecule has 0 fully saturated rings. The van der Waals surface area contributed by atoms with Gasteiger partial charge in [-0.05, 0) is 70.8 Å². The summed E-state index contributed by atoms with van der Waals surface area (Å²) in [6.45, 7) is 0. The van der Waals surface area contributed by atoms with Crippen LogP contribution in [-0.2, 0) is 14.1 Å². The SMILES string of the molecule is Cn1c(-c2ccc(-c3ccc4sc5ccc(-c6ccc(-c7nc8ccccc8n7C)cc6)cc5c4c3)cc2)nc2ccccc21. The zero-order chi connectivity index (χ0) is 30.1. The molecule has 0 saturated heterocycles. The molecule has 4 nitrogen and oxygen atoms in total. The summed E-state index contributed by atoms with van der Waals surface area (Å²) in [5.41, 5.74) is 11.4. The minimum Gasteiger partial charge on any atom is -0.327 e. The molecule has 3 heterocycles. The van der Waals surface area contributed by atoms with E-state index in [-0.39, 0.29) is 0 Å². The summed E-state index contributed by atoms with van der Waals surface area (Å²) in [6.07, 6.45) is 0. The zero-order valence-corrected chi connectivity index (χ0v) is 25.7. The Labute approximate surface area is 264 Å². The molecule has 0 spiro atoms. The third-order valence-corrected chi connectivity index (χ3v) is 10.1. The topological polar surface area (TPSA) is 35.6 Å². The van der Waals surface area contributed by atoms with Crippen LogP contribution in [0.3, 0.4) is 0 Å². The Morgan fingerprint density at radius 3 is 1.22 bits per heavy atom. The van der Waals surface area contributed by atoms with Gasteiger partial charge in [0.05, 0.1) is 22.1 Å². The van der Waals surface area contributed by atoms with Gasteiger partial charge in [-0.3, -0.25) is 0 Å². The van der Waals surface area contributed by atoms with Crippen molar-refractivity contribution in [2.24, 2.45) is 14.1 Å². The van der Waals surface area contributed by atoms with E-state index in [4.69, 9.17) is 9.97 Å². The van der Waals surface area contributed by atoms with Gasteiger partial charge in [-0.15, -0.1) is 11.3 Å². The Hall–Kier alpha value is -5.52. The maximum Gasteiger partial charge on any atom is 0.140 e. The fraction of sp³-hybridized carbons (Fsp3) is 0.0500. The summed E-state index contributed by atoms with van der Waals surface area (Å²) in [7, 11) is 4.16. The van der Waals surface area contributed by atoms with Gasteiger partial charge in [-0.25, -0.2) is 9.97 Å². The second-order valence-corrected chi connectivity index (χ2v) is 12.7. The van der Waals surface area contributed by atoms with Crippen LogP contribution in [0.5, 0.6) is 0 Å². The van der Waals surface area contributed by atoms with Crippen LogP contribution in [0, 0.1) is 0 Å². The minimum absolute atomic E-state index is 0.982. The molecule has 0 unspecified atom stereocenters. The molecule has 45 heavy (non-hydrogen) atoms. The molecule has 214 valence electrons. The van der Waals surface area contributed by atoms with Crippen molar-refractivity contribution in [3.63, 3.8) is 0 Å². The highest BCUT2D eigenvalue weighted by atomic mass is 32.1. The van der Waals surface area contributed by atoms with Crippen LogP contribution < -0.4 is 0 Å². The monoisotopic (exact) mass is 596 g/mol. The molecule has 0 amide bonds. The van der Waals surface area contributed by atoms with Crippen LogP contribution in [-0.4, -0.2) is 19.1 Å². The van der Waals surface area contributed by atoms with Crippen LogP contribution in [0.2, 0.25) is 0 Å². The first-order chi connectivity index (χ1) is 22.1. The van der Waals surface area contributed by atoms with E-state index < -0.39 is 0 Å². The highest BCUT2D eigenvalue weighted by Gasteiger charge is 2.13. The number of thiophene rings is 1. The van der Waals surface area contributed by atoms with Crippen LogP contribution in [0.1, 0.15) is 0 Å². The molecule has 0 aliphatic rings. The Morgan fingerprint density at radius 1 is 0.422 bits per heavy atom. The molecule has 0 N–H and O–H groups in total. The molecule has 0 atom stereocenters. The van der Waals surface area contributed by atoms with Gasteiger partial charge in [0.25, 0.3) is 0 Å². The van der Waals surface area contributed by atoms with Gasteiger partial charge < -0.3 is 9.13 Å². The van der Waals surface area contributed by atoms with Gasteiger partial charge in [0, 0.05) is 45.4 Å². The zero-order valence-electron chi connectivity index (χ0n) is 24.9.